The molecule has 4 rings (SSSR count). The van der Waals surface area contributed by atoms with E-state index < -0.39 is 0 Å². The fourth-order valence-electron chi connectivity index (χ4n) is 3.89. The molecule has 2 aromatic carbocycles. The van der Waals surface area contributed by atoms with Gasteiger partial charge in [0.25, 0.3) is 0 Å². The van der Waals surface area contributed by atoms with Gasteiger partial charge in [-0.1, -0.05) is 38.1 Å². The molecule has 4 heteroatoms. The van der Waals surface area contributed by atoms with Crippen LogP contribution < -0.4 is 0 Å². The number of rotatable bonds is 7. The molecule has 0 aliphatic rings. The van der Waals surface area contributed by atoms with Crippen molar-refractivity contribution in [1.82, 2.24) is 9.88 Å². The molecule has 0 atom stereocenters. The van der Waals surface area contributed by atoms with Crippen molar-refractivity contribution in [2.75, 3.05) is 19.6 Å². The van der Waals surface area contributed by atoms with Gasteiger partial charge in [0, 0.05) is 22.5 Å². The van der Waals surface area contributed by atoms with Gasteiger partial charge in [0.15, 0.2) is 0 Å². The van der Waals surface area contributed by atoms with E-state index in [1.807, 2.05) is 12.3 Å². The number of benzene rings is 2. The van der Waals surface area contributed by atoms with Crippen LogP contribution in [0.4, 0.5) is 0 Å². The lowest BCUT2D eigenvalue weighted by Crippen LogP contribution is -2.24. The van der Waals surface area contributed by atoms with Crippen LogP contribution in [0.3, 0.4) is 0 Å². The Bertz CT molecular complexity index is 1080. The van der Waals surface area contributed by atoms with Crippen molar-refractivity contribution in [1.29, 1.82) is 0 Å². The topological polar surface area (TPSA) is 36.4 Å². The van der Waals surface area contributed by atoms with Crippen LogP contribution in [0.5, 0.6) is 5.75 Å². The number of phenols is 1. The maximum Gasteiger partial charge on any atom is 0.124 e. The van der Waals surface area contributed by atoms with Crippen molar-refractivity contribution < 1.29 is 5.11 Å². The first-order valence-corrected chi connectivity index (χ1v) is 10.9. The predicted octanol–water partition coefficient (Wildman–Crippen LogP) is 6.10. The zero-order valence-corrected chi connectivity index (χ0v) is 17.3. The van der Waals surface area contributed by atoms with Crippen molar-refractivity contribution in [3.63, 3.8) is 0 Å². The first-order valence-electron chi connectivity index (χ1n) is 10.0. The second kappa shape index (κ2) is 8.29. The highest BCUT2D eigenvalue weighted by Gasteiger charge is 2.14. The molecule has 28 heavy (non-hydrogen) atoms. The van der Waals surface area contributed by atoms with Crippen LogP contribution in [0.2, 0.25) is 0 Å². The molecular formula is C24H26N2OS. The Hall–Kier alpha value is -2.43. The van der Waals surface area contributed by atoms with Crippen LogP contribution >= 0.6 is 11.3 Å². The standard InChI is InChI=1S/C24H26N2OS/c1-3-26(4-2)14-5-6-17-7-9-18(10-8-17)23-21(27)12-11-20-24(23)19-13-15-28-22(19)16-25-20/h7-13,15-16,27H,3-6,14H2,1-2H3. The molecule has 0 fully saturated rings. The number of aromatic nitrogens is 1. The summed E-state index contributed by atoms with van der Waals surface area (Å²) in [7, 11) is 0. The number of hydrogen-bond donors (Lipinski definition) is 1. The van der Waals surface area contributed by atoms with Gasteiger partial charge in [0.2, 0.25) is 0 Å². The van der Waals surface area contributed by atoms with E-state index in [4.69, 9.17) is 0 Å². The van der Waals surface area contributed by atoms with Crippen LogP contribution in [0.25, 0.3) is 32.1 Å². The normalized spacial score (nSPS) is 11.7. The van der Waals surface area contributed by atoms with Gasteiger partial charge >= 0.3 is 0 Å². The first-order chi connectivity index (χ1) is 13.7. The minimum atomic E-state index is 0.308. The maximum absolute atomic E-state index is 10.7. The molecule has 4 aromatic rings. The summed E-state index contributed by atoms with van der Waals surface area (Å²) < 4.78 is 1.15. The lowest BCUT2D eigenvalue weighted by molar-refractivity contribution is 0.300. The molecule has 144 valence electrons. The van der Waals surface area contributed by atoms with Gasteiger partial charge in [0.05, 0.1) is 10.2 Å². The zero-order valence-electron chi connectivity index (χ0n) is 16.5. The van der Waals surface area contributed by atoms with Gasteiger partial charge in [-0.2, -0.15) is 0 Å². The molecule has 0 saturated carbocycles. The second-order valence-corrected chi connectivity index (χ2v) is 8.09. The van der Waals surface area contributed by atoms with Crippen molar-refractivity contribution in [3.05, 3.63) is 59.6 Å². The lowest BCUT2D eigenvalue weighted by atomic mass is 9.96. The monoisotopic (exact) mass is 390 g/mol. The molecule has 2 heterocycles. The Morgan fingerprint density at radius 3 is 2.54 bits per heavy atom. The number of aryl methyl sites for hydroxylation is 1. The van der Waals surface area contributed by atoms with Crippen molar-refractivity contribution in [2.24, 2.45) is 0 Å². The fraction of sp³-hybridized carbons (Fsp3) is 0.292. The van der Waals surface area contributed by atoms with E-state index in [0.29, 0.717) is 5.75 Å². The second-order valence-electron chi connectivity index (χ2n) is 7.14. The van der Waals surface area contributed by atoms with Crippen LogP contribution in [0.15, 0.2) is 54.0 Å². The van der Waals surface area contributed by atoms with Crippen LogP contribution in [-0.2, 0) is 6.42 Å². The minimum Gasteiger partial charge on any atom is -0.507 e. The van der Waals surface area contributed by atoms with E-state index in [1.165, 1.54) is 12.0 Å². The molecule has 0 spiro atoms. The number of hydrogen-bond acceptors (Lipinski definition) is 4. The SMILES string of the molecule is CCN(CC)CCCc1ccc(-c2c(O)ccc3ncc4sccc4c23)cc1. The Labute approximate surface area is 170 Å². The van der Waals surface area contributed by atoms with Gasteiger partial charge in [-0.3, -0.25) is 4.98 Å². The Morgan fingerprint density at radius 2 is 1.79 bits per heavy atom. The van der Waals surface area contributed by atoms with Gasteiger partial charge in [0.1, 0.15) is 5.75 Å². The molecule has 2 aromatic heterocycles. The summed E-state index contributed by atoms with van der Waals surface area (Å²) >= 11 is 1.68. The van der Waals surface area contributed by atoms with Crippen molar-refractivity contribution in [3.8, 4) is 16.9 Å². The molecule has 1 N–H and O–H groups in total. The number of nitrogens with zero attached hydrogens (tertiary/aromatic N) is 2. The highest BCUT2D eigenvalue weighted by atomic mass is 32.1. The van der Waals surface area contributed by atoms with E-state index in [1.54, 1.807) is 17.4 Å². The van der Waals surface area contributed by atoms with E-state index in [-0.39, 0.29) is 0 Å². The van der Waals surface area contributed by atoms with Crippen molar-refractivity contribution >= 4 is 32.3 Å². The molecule has 3 nitrogen and oxygen atoms in total. The predicted molar refractivity (Wildman–Crippen MR) is 120 cm³/mol. The average molecular weight is 391 g/mol. The third-order valence-electron chi connectivity index (χ3n) is 5.52. The molecule has 0 saturated heterocycles. The quantitative estimate of drug-likeness (QED) is 0.414. The molecule has 0 aliphatic heterocycles. The molecule has 0 bridgehead atoms. The van der Waals surface area contributed by atoms with E-state index >= 15 is 0 Å². The van der Waals surface area contributed by atoms with Gasteiger partial charge in [-0.25, -0.2) is 0 Å². The summed E-state index contributed by atoms with van der Waals surface area (Å²) in [6.07, 6.45) is 4.16. The summed E-state index contributed by atoms with van der Waals surface area (Å²) in [6, 6.07) is 14.4. The summed E-state index contributed by atoms with van der Waals surface area (Å²) in [4.78, 5) is 7.05. The molecule has 0 radical (unpaired) electrons. The van der Waals surface area contributed by atoms with E-state index in [0.717, 1.165) is 58.2 Å². The van der Waals surface area contributed by atoms with Crippen LogP contribution in [0.1, 0.15) is 25.8 Å². The third-order valence-corrected chi connectivity index (χ3v) is 6.38. The number of thiophene rings is 1. The highest BCUT2D eigenvalue weighted by Crippen LogP contribution is 2.40. The maximum atomic E-state index is 10.7. The summed E-state index contributed by atoms with van der Waals surface area (Å²) in [5.74, 6) is 0.308. The molecular weight excluding hydrogens is 364 g/mol. The third kappa shape index (κ3) is 3.62. The fourth-order valence-corrected chi connectivity index (χ4v) is 4.65. The molecule has 0 unspecified atom stereocenters. The average Bonchev–Trinajstić information content (AvgIpc) is 3.21. The number of pyridine rings is 1. The Kier molecular flexibility index (Phi) is 5.60. The first kappa shape index (κ1) is 18.9. The summed E-state index contributed by atoms with van der Waals surface area (Å²) in [5.41, 5.74) is 4.18. The van der Waals surface area contributed by atoms with Gasteiger partial charge in [-0.15, -0.1) is 11.3 Å². The highest BCUT2D eigenvalue weighted by molar-refractivity contribution is 7.17. The number of fused-ring (bicyclic) bond motifs is 3. The van der Waals surface area contributed by atoms with Crippen LogP contribution in [0, 0.1) is 0 Å². The lowest BCUT2D eigenvalue weighted by Gasteiger charge is -2.17. The molecule has 0 aliphatic carbocycles. The smallest absolute Gasteiger partial charge is 0.124 e. The zero-order chi connectivity index (χ0) is 19.5. The Morgan fingerprint density at radius 1 is 1.00 bits per heavy atom. The summed E-state index contributed by atoms with van der Waals surface area (Å²) in [5, 5.41) is 14.9. The van der Waals surface area contributed by atoms with Crippen molar-refractivity contribution in [2.45, 2.75) is 26.7 Å². The van der Waals surface area contributed by atoms with E-state index in [2.05, 4.69) is 59.4 Å². The van der Waals surface area contributed by atoms with Crippen LogP contribution in [-0.4, -0.2) is 34.6 Å². The number of aromatic hydroxyl groups is 1. The number of phenolic OH excluding ortho intramolecular Hbond substituents is 1. The van der Waals surface area contributed by atoms with Gasteiger partial charge in [-0.05, 0) is 67.2 Å². The largest absolute Gasteiger partial charge is 0.507 e. The molecule has 0 amide bonds. The van der Waals surface area contributed by atoms with Gasteiger partial charge < -0.3 is 10.0 Å². The minimum absolute atomic E-state index is 0.308. The summed E-state index contributed by atoms with van der Waals surface area (Å²) in [6.45, 7) is 7.80. The Balaban J connectivity index is 1.65. The van der Waals surface area contributed by atoms with E-state index in [9.17, 15) is 5.11 Å².